The molecule has 4 N–H and O–H groups in total. The second kappa shape index (κ2) is 16.5. The number of nitrogens with one attached hydrogen (secondary N) is 1. The molecule has 1 heterocycles. The quantitative estimate of drug-likeness (QED) is 0.270. The van der Waals surface area contributed by atoms with E-state index in [4.69, 9.17) is 15.2 Å². The van der Waals surface area contributed by atoms with E-state index in [1.165, 1.54) is 4.90 Å². The van der Waals surface area contributed by atoms with Crippen LogP contribution in [-0.2, 0) is 35.3 Å². The van der Waals surface area contributed by atoms with Crippen LogP contribution >= 0.6 is 0 Å². The van der Waals surface area contributed by atoms with Crippen molar-refractivity contribution in [3.8, 4) is 0 Å². The largest absolute Gasteiger partial charge is 0.459 e. The summed E-state index contributed by atoms with van der Waals surface area (Å²) in [4.78, 5) is 54.1. The topological polar surface area (TPSA) is 148 Å². The lowest BCUT2D eigenvalue weighted by atomic mass is 9.93. The normalized spacial score (nSPS) is 18.9. The number of aliphatic hydroxyl groups is 1. The molecule has 2 rings (SSSR count). The summed E-state index contributed by atoms with van der Waals surface area (Å²) in [6.45, 7) is 11.7. The molecule has 0 unspecified atom stereocenters. The Balaban J connectivity index is 2.08. The van der Waals surface area contributed by atoms with Crippen LogP contribution in [0.5, 0.6) is 0 Å². The number of carbonyl (C=O) groups excluding carboxylic acids is 4. The molecule has 230 valence electrons. The molecule has 0 spiro atoms. The lowest BCUT2D eigenvalue weighted by Crippen LogP contribution is -2.55. The van der Waals surface area contributed by atoms with E-state index in [-0.39, 0.29) is 36.7 Å². The van der Waals surface area contributed by atoms with Crippen molar-refractivity contribution in [3.05, 3.63) is 35.9 Å². The molecule has 1 aliphatic rings. The van der Waals surface area contributed by atoms with Gasteiger partial charge in [0.05, 0.1) is 12.5 Å². The Labute approximate surface area is 244 Å². The SMILES string of the molecule is CC[C@H](C)[C@@H](N)[C@@H](O)CC(=O)O[C@H](C(=O)N[C@@H](CC(C)C)C(=O)N1CCC[C@H]1C(=O)OCc1ccccc1)C(C)C. The molecule has 1 aromatic rings. The van der Waals surface area contributed by atoms with Crippen LogP contribution in [0.1, 0.15) is 79.2 Å². The Hall–Kier alpha value is -2.98. The third-order valence-electron chi connectivity index (χ3n) is 7.60. The predicted molar refractivity (Wildman–Crippen MR) is 155 cm³/mol. The van der Waals surface area contributed by atoms with Crippen LogP contribution in [0.25, 0.3) is 0 Å². The summed E-state index contributed by atoms with van der Waals surface area (Å²) in [5, 5.41) is 13.2. The number of nitrogens with two attached hydrogens (primary N) is 1. The number of hydrogen-bond acceptors (Lipinski definition) is 8. The molecular weight excluding hydrogens is 526 g/mol. The fourth-order valence-corrected chi connectivity index (χ4v) is 4.89. The van der Waals surface area contributed by atoms with Crippen LogP contribution < -0.4 is 11.1 Å². The number of ether oxygens (including phenoxy) is 2. The van der Waals surface area contributed by atoms with Gasteiger partial charge in [-0.1, -0.05) is 78.3 Å². The van der Waals surface area contributed by atoms with Gasteiger partial charge >= 0.3 is 11.9 Å². The Kier molecular flexibility index (Phi) is 13.7. The summed E-state index contributed by atoms with van der Waals surface area (Å²) in [7, 11) is 0. The van der Waals surface area contributed by atoms with Gasteiger partial charge in [-0.05, 0) is 42.6 Å². The van der Waals surface area contributed by atoms with Crippen molar-refractivity contribution >= 4 is 23.8 Å². The van der Waals surface area contributed by atoms with Gasteiger partial charge < -0.3 is 30.5 Å². The average molecular weight is 576 g/mol. The van der Waals surface area contributed by atoms with Gasteiger partial charge in [-0.3, -0.25) is 14.4 Å². The van der Waals surface area contributed by atoms with Gasteiger partial charge in [0.15, 0.2) is 6.10 Å². The molecule has 1 aliphatic heterocycles. The number of aliphatic hydroxyl groups excluding tert-OH is 1. The number of rotatable bonds is 15. The van der Waals surface area contributed by atoms with Crippen molar-refractivity contribution in [1.82, 2.24) is 10.2 Å². The molecule has 6 atom stereocenters. The molecule has 41 heavy (non-hydrogen) atoms. The van der Waals surface area contributed by atoms with E-state index in [1.807, 2.05) is 58.0 Å². The minimum absolute atomic E-state index is 0.00910. The van der Waals surface area contributed by atoms with E-state index < -0.39 is 48.2 Å². The van der Waals surface area contributed by atoms with Crippen LogP contribution in [0, 0.1) is 17.8 Å². The van der Waals surface area contributed by atoms with E-state index in [1.54, 1.807) is 13.8 Å². The second-order valence-corrected chi connectivity index (χ2v) is 11.9. The third kappa shape index (κ3) is 10.4. The zero-order chi connectivity index (χ0) is 30.7. The summed E-state index contributed by atoms with van der Waals surface area (Å²) in [6, 6.07) is 7.08. The highest BCUT2D eigenvalue weighted by atomic mass is 16.5. The summed E-state index contributed by atoms with van der Waals surface area (Å²) >= 11 is 0. The molecular formula is C31H49N3O7. The van der Waals surface area contributed by atoms with Gasteiger partial charge in [0.1, 0.15) is 18.7 Å². The van der Waals surface area contributed by atoms with Crippen molar-refractivity contribution in [3.63, 3.8) is 0 Å². The maximum Gasteiger partial charge on any atom is 0.329 e. The first-order valence-corrected chi connectivity index (χ1v) is 14.8. The average Bonchev–Trinajstić information content (AvgIpc) is 3.43. The number of nitrogens with zero attached hydrogens (tertiary/aromatic N) is 1. The Morgan fingerprint density at radius 1 is 1.10 bits per heavy atom. The number of likely N-dealkylation sites (tertiary alicyclic amines) is 1. The first kappa shape index (κ1) is 34.2. The van der Waals surface area contributed by atoms with E-state index in [2.05, 4.69) is 5.32 Å². The summed E-state index contributed by atoms with van der Waals surface area (Å²) in [5.74, 6) is -2.50. The van der Waals surface area contributed by atoms with Crippen LogP contribution in [0.15, 0.2) is 30.3 Å². The number of hydrogen-bond donors (Lipinski definition) is 3. The smallest absolute Gasteiger partial charge is 0.329 e. The number of carbonyl (C=O) groups is 4. The van der Waals surface area contributed by atoms with Crippen LogP contribution in [0.4, 0.5) is 0 Å². The molecule has 0 saturated carbocycles. The first-order chi connectivity index (χ1) is 19.3. The number of amides is 2. The van der Waals surface area contributed by atoms with Crippen molar-refractivity contribution in [2.24, 2.45) is 23.5 Å². The third-order valence-corrected chi connectivity index (χ3v) is 7.60. The van der Waals surface area contributed by atoms with Crippen molar-refractivity contribution in [2.75, 3.05) is 6.54 Å². The van der Waals surface area contributed by atoms with Gasteiger partial charge in [0.25, 0.3) is 5.91 Å². The lowest BCUT2D eigenvalue weighted by Gasteiger charge is -2.30. The second-order valence-electron chi connectivity index (χ2n) is 11.9. The van der Waals surface area contributed by atoms with Gasteiger partial charge in [-0.2, -0.15) is 0 Å². The maximum atomic E-state index is 13.7. The van der Waals surface area contributed by atoms with E-state index in [9.17, 15) is 24.3 Å². The zero-order valence-electron chi connectivity index (χ0n) is 25.4. The highest BCUT2D eigenvalue weighted by Gasteiger charge is 2.40. The van der Waals surface area contributed by atoms with Crippen LogP contribution in [0.2, 0.25) is 0 Å². The molecule has 2 amide bonds. The molecule has 1 saturated heterocycles. The number of esters is 2. The molecule has 10 nitrogen and oxygen atoms in total. The van der Waals surface area contributed by atoms with Crippen molar-refractivity contribution in [1.29, 1.82) is 0 Å². The fourth-order valence-electron chi connectivity index (χ4n) is 4.89. The van der Waals surface area contributed by atoms with Crippen molar-refractivity contribution < 1.29 is 33.8 Å². The van der Waals surface area contributed by atoms with Crippen LogP contribution in [-0.4, -0.2) is 70.6 Å². The molecule has 0 bridgehead atoms. The summed E-state index contributed by atoms with van der Waals surface area (Å²) < 4.78 is 11.0. The molecule has 1 aromatic carbocycles. The maximum absolute atomic E-state index is 13.7. The van der Waals surface area contributed by atoms with E-state index in [0.29, 0.717) is 25.8 Å². The van der Waals surface area contributed by atoms with E-state index >= 15 is 0 Å². The molecule has 10 heteroatoms. The highest BCUT2D eigenvalue weighted by Crippen LogP contribution is 2.22. The summed E-state index contributed by atoms with van der Waals surface area (Å²) in [5.41, 5.74) is 6.90. The Morgan fingerprint density at radius 3 is 2.34 bits per heavy atom. The number of benzene rings is 1. The van der Waals surface area contributed by atoms with Gasteiger partial charge in [0, 0.05) is 12.6 Å². The fraction of sp³-hybridized carbons (Fsp3) is 0.677. The van der Waals surface area contributed by atoms with Gasteiger partial charge in [-0.15, -0.1) is 0 Å². The Morgan fingerprint density at radius 2 is 1.76 bits per heavy atom. The highest BCUT2D eigenvalue weighted by molar-refractivity contribution is 5.93. The molecule has 0 aromatic heterocycles. The Bertz CT molecular complexity index is 1000. The first-order valence-electron chi connectivity index (χ1n) is 14.8. The predicted octanol–water partition coefficient (Wildman–Crippen LogP) is 2.94. The van der Waals surface area contributed by atoms with E-state index in [0.717, 1.165) is 12.0 Å². The van der Waals surface area contributed by atoms with Crippen molar-refractivity contribution in [2.45, 2.75) is 111 Å². The minimum atomic E-state index is -1.16. The summed E-state index contributed by atoms with van der Waals surface area (Å²) in [6.07, 6.45) is -0.385. The minimum Gasteiger partial charge on any atom is -0.459 e. The zero-order valence-corrected chi connectivity index (χ0v) is 25.4. The lowest BCUT2D eigenvalue weighted by molar-refractivity contribution is -0.162. The molecule has 0 radical (unpaired) electrons. The van der Waals surface area contributed by atoms with Gasteiger partial charge in [-0.25, -0.2) is 4.79 Å². The van der Waals surface area contributed by atoms with Gasteiger partial charge in [0.2, 0.25) is 5.91 Å². The van der Waals surface area contributed by atoms with Crippen LogP contribution in [0.3, 0.4) is 0 Å². The molecule has 1 fully saturated rings. The molecule has 0 aliphatic carbocycles. The standard InChI is InChI=1S/C31H49N3O7/c1-7-21(6)27(32)25(35)17-26(36)41-28(20(4)5)29(37)33-23(16-19(2)3)30(38)34-15-11-14-24(34)31(39)40-18-22-12-9-8-10-13-22/h8-10,12-13,19-21,23-25,27-28,35H,7,11,14-18,32H2,1-6H3,(H,33,37)/t21-,23-,24-,25-,27+,28-/m0/s1. The monoisotopic (exact) mass is 575 g/mol.